The second-order valence-electron chi connectivity index (χ2n) is 6.37. The SMILES string of the molecule is O=C(NN=Cc1cccc([N+](=O)[O-])c1)C(=O)Nc1ccccc1C(=O)Nc1ccccc1. The van der Waals surface area contributed by atoms with E-state index in [9.17, 15) is 24.5 Å². The quantitative estimate of drug-likeness (QED) is 0.238. The summed E-state index contributed by atoms with van der Waals surface area (Å²) in [5, 5.41) is 19.5. The first kappa shape index (κ1) is 21.8. The minimum atomic E-state index is -1.08. The maximum Gasteiger partial charge on any atom is 0.329 e. The number of nitro benzene ring substituents is 1. The van der Waals surface area contributed by atoms with E-state index in [4.69, 9.17) is 0 Å². The van der Waals surface area contributed by atoms with E-state index in [1.165, 1.54) is 36.5 Å². The molecule has 0 unspecified atom stereocenters. The number of carbonyl (C=O) groups excluding carboxylic acids is 3. The van der Waals surface area contributed by atoms with Gasteiger partial charge in [0.1, 0.15) is 0 Å². The van der Waals surface area contributed by atoms with Gasteiger partial charge in [0.15, 0.2) is 0 Å². The molecule has 0 radical (unpaired) electrons. The lowest BCUT2D eigenvalue weighted by Gasteiger charge is -2.11. The van der Waals surface area contributed by atoms with Crippen LogP contribution in [0.1, 0.15) is 15.9 Å². The highest BCUT2D eigenvalue weighted by Crippen LogP contribution is 2.17. The molecule has 10 heteroatoms. The number of carbonyl (C=O) groups is 3. The summed E-state index contributed by atoms with van der Waals surface area (Å²) in [6, 6.07) is 20.6. The highest BCUT2D eigenvalue weighted by atomic mass is 16.6. The Kier molecular flexibility index (Phi) is 7.00. The average molecular weight is 431 g/mol. The van der Waals surface area contributed by atoms with Gasteiger partial charge in [-0.05, 0) is 24.3 Å². The average Bonchev–Trinajstić information content (AvgIpc) is 2.80. The van der Waals surface area contributed by atoms with Crippen molar-refractivity contribution in [2.45, 2.75) is 0 Å². The van der Waals surface area contributed by atoms with E-state index >= 15 is 0 Å². The monoisotopic (exact) mass is 431 g/mol. The van der Waals surface area contributed by atoms with Crippen LogP contribution in [0, 0.1) is 10.1 Å². The van der Waals surface area contributed by atoms with Crippen LogP contribution in [0.3, 0.4) is 0 Å². The molecule has 3 aromatic rings. The summed E-state index contributed by atoms with van der Waals surface area (Å²) in [4.78, 5) is 47.0. The normalized spacial score (nSPS) is 10.4. The van der Waals surface area contributed by atoms with Crippen LogP contribution in [-0.2, 0) is 9.59 Å². The maximum absolute atomic E-state index is 12.6. The lowest BCUT2D eigenvalue weighted by Crippen LogP contribution is -2.33. The second-order valence-corrected chi connectivity index (χ2v) is 6.37. The highest BCUT2D eigenvalue weighted by molar-refractivity contribution is 6.40. The van der Waals surface area contributed by atoms with Gasteiger partial charge in [-0.2, -0.15) is 5.10 Å². The third-order valence-electron chi connectivity index (χ3n) is 4.12. The van der Waals surface area contributed by atoms with E-state index < -0.39 is 22.6 Å². The first-order chi connectivity index (χ1) is 15.4. The lowest BCUT2D eigenvalue weighted by molar-refractivity contribution is -0.384. The molecule has 3 amide bonds. The summed E-state index contributed by atoms with van der Waals surface area (Å²) < 4.78 is 0. The van der Waals surface area contributed by atoms with Gasteiger partial charge < -0.3 is 10.6 Å². The second kappa shape index (κ2) is 10.3. The van der Waals surface area contributed by atoms with Crippen molar-refractivity contribution < 1.29 is 19.3 Å². The van der Waals surface area contributed by atoms with Crippen LogP contribution in [0.2, 0.25) is 0 Å². The predicted octanol–water partition coefficient (Wildman–Crippen LogP) is 2.94. The van der Waals surface area contributed by atoms with E-state index in [1.807, 2.05) is 11.5 Å². The van der Waals surface area contributed by atoms with Crippen molar-refractivity contribution in [3.63, 3.8) is 0 Å². The fraction of sp³-hybridized carbons (Fsp3) is 0. The summed E-state index contributed by atoms with van der Waals surface area (Å²) in [7, 11) is 0. The molecular formula is C22H17N5O5. The third kappa shape index (κ3) is 5.83. The Hall–Kier alpha value is -4.86. The molecular weight excluding hydrogens is 414 g/mol. The number of para-hydroxylation sites is 2. The number of hydrogen-bond donors (Lipinski definition) is 3. The molecule has 3 aromatic carbocycles. The van der Waals surface area contributed by atoms with Crippen molar-refractivity contribution in [2.24, 2.45) is 5.10 Å². The van der Waals surface area contributed by atoms with Gasteiger partial charge in [0.2, 0.25) is 0 Å². The van der Waals surface area contributed by atoms with Crippen molar-refractivity contribution in [3.8, 4) is 0 Å². The Labute approximate surface area is 182 Å². The Morgan fingerprint density at radius 2 is 1.56 bits per heavy atom. The summed E-state index contributed by atoms with van der Waals surface area (Å²) in [6.45, 7) is 0. The van der Waals surface area contributed by atoms with Crippen LogP contribution >= 0.6 is 0 Å². The molecule has 0 atom stereocenters. The number of nitro groups is 1. The van der Waals surface area contributed by atoms with Crippen molar-refractivity contribution in [3.05, 3.63) is 100 Å². The van der Waals surface area contributed by atoms with Gasteiger partial charge in [0, 0.05) is 23.4 Å². The van der Waals surface area contributed by atoms with Gasteiger partial charge in [-0.15, -0.1) is 0 Å². The molecule has 0 saturated heterocycles. The smallest absolute Gasteiger partial charge is 0.322 e. The zero-order valence-electron chi connectivity index (χ0n) is 16.5. The van der Waals surface area contributed by atoms with Crippen molar-refractivity contribution in [1.29, 1.82) is 0 Å². The first-order valence-corrected chi connectivity index (χ1v) is 9.28. The van der Waals surface area contributed by atoms with E-state index in [0.29, 0.717) is 11.3 Å². The van der Waals surface area contributed by atoms with Crippen molar-refractivity contribution in [1.82, 2.24) is 5.43 Å². The third-order valence-corrected chi connectivity index (χ3v) is 4.12. The molecule has 0 saturated carbocycles. The number of nitrogens with one attached hydrogen (secondary N) is 3. The molecule has 0 fully saturated rings. The lowest BCUT2D eigenvalue weighted by atomic mass is 10.1. The number of hydrazone groups is 1. The molecule has 0 aliphatic heterocycles. The molecule has 0 aliphatic rings. The molecule has 0 bridgehead atoms. The molecule has 0 spiro atoms. The van der Waals surface area contributed by atoms with E-state index in [2.05, 4.69) is 15.7 Å². The largest absolute Gasteiger partial charge is 0.329 e. The molecule has 160 valence electrons. The van der Waals surface area contributed by atoms with Crippen LogP contribution in [0.4, 0.5) is 17.1 Å². The number of non-ortho nitro benzene ring substituents is 1. The summed E-state index contributed by atoms with van der Waals surface area (Å²) >= 11 is 0. The minimum Gasteiger partial charge on any atom is -0.322 e. The number of nitrogens with zero attached hydrogens (tertiary/aromatic N) is 2. The molecule has 0 heterocycles. The molecule has 0 aliphatic carbocycles. The molecule has 0 aromatic heterocycles. The summed E-state index contributed by atoms with van der Waals surface area (Å²) in [6.07, 6.45) is 1.17. The van der Waals surface area contributed by atoms with E-state index in [-0.39, 0.29) is 16.9 Å². The zero-order valence-corrected chi connectivity index (χ0v) is 16.5. The maximum atomic E-state index is 12.6. The van der Waals surface area contributed by atoms with Crippen LogP contribution in [0.5, 0.6) is 0 Å². The number of benzene rings is 3. The summed E-state index contributed by atoms with van der Waals surface area (Å²) in [5.74, 6) is -2.58. The standard InChI is InChI=1S/C22H17N5O5/c28-20(24-16-8-2-1-3-9-16)18-11-4-5-12-19(18)25-21(29)22(30)26-23-14-15-7-6-10-17(13-15)27(31)32/h1-14H,(H,24,28)(H,25,29)(H,26,30). The topological polar surface area (TPSA) is 143 Å². The van der Waals surface area contributed by atoms with Gasteiger partial charge in [-0.25, -0.2) is 5.43 Å². The highest BCUT2D eigenvalue weighted by Gasteiger charge is 2.17. The van der Waals surface area contributed by atoms with Gasteiger partial charge in [0.25, 0.3) is 11.6 Å². The number of hydrogen-bond acceptors (Lipinski definition) is 6. The molecule has 32 heavy (non-hydrogen) atoms. The van der Waals surface area contributed by atoms with E-state index in [0.717, 1.165) is 0 Å². The van der Waals surface area contributed by atoms with Gasteiger partial charge >= 0.3 is 11.8 Å². The number of anilines is 2. The van der Waals surface area contributed by atoms with Crippen molar-refractivity contribution >= 4 is 41.0 Å². The fourth-order valence-corrected chi connectivity index (χ4v) is 2.62. The minimum absolute atomic E-state index is 0.136. The van der Waals surface area contributed by atoms with Crippen LogP contribution in [0.15, 0.2) is 84.0 Å². The van der Waals surface area contributed by atoms with Gasteiger partial charge in [0.05, 0.1) is 22.4 Å². The Morgan fingerprint density at radius 1 is 0.844 bits per heavy atom. The molecule has 3 N–H and O–H groups in total. The van der Waals surface area contributed by atoms with Crippen LogP contribution in [0.25, 0.3) is 0 Å². The number of rotatable bonds is 6. The molecule has 10 nitrogen and oxygen atoms in total. The zero-order chi connectivity index (χ0) is 22.9. The fourth-order valence-electron chi connectivity index (χ4n) is 2.62. The van der Waals surface area contributed by atoms with Crippen LogP contribution in [-0.4, -0.2) is 28.9 Å². The van der Waals surface area contributed by atoms with Gasteiger partial charge in [-0.1, -0.05) is 42.5 Å². The first-order valence-electron chi connectivity index (χ1n) is 9.28. The Morgan fingerprint density at radius 3 is 2.31 bits per heavy atom. The van der Waals surface area contributed by atoms with Crippen molar-refractivity contribution in [2.75, 3.05) is 10.6 Å². The number of amides is 3. The Balaban J connectivity index is 1.63. The summed E-state index contributed by atoms with van der Waals surface area (Å²) in [5.41, 5.74) is 3.15. The van der Waals surface area contributed by atoms with Gasteiger partial charge in [-0.3, -0.25) is 24.5 Å². The van der Waals surface area contributed by atoms with E-state index in [1.54, 1.807) is 42.5 Å². The predicted molar refractivity (Wildman–Crippen MR) is 118 cm³/mol. The Bertz CT molecular complexity index is 1190. The van der Waals surface area contributed by atoms with Crippen LogP contribution < -0.4 is 16.1 Å². The molecule has 3 rings (SSSR count).